The summed E-state index contributed by atoms with van der Waals surface area (Å²) < 4.78 is 0. The number of anilines is 1. The van der Waals surface area contributed by atoms with Gasteiger partial charge in [-0.2, -0.15) is 0 Å². The van der Waals surface area contributed by atoms with E-state index in [0.29, 0.717) is 5.25 Å². The van der Waals surface area contributed by atoms with Crippen molar-refractivity contribution in [3.63, 3.8) is 0 Å². The minimum absolute atomic E-state index is 0.690. The third-order valence-corrected chi connectivity index (χ3v) is 3.92. The number of fused-ring (bicyclic) bond motifs is 1. The molecule has 1 atom stereocenters. The van der Waals surface area contributed by atoms with E-state index in [1.807, 2.05) is 24.2 Å². The Hall–Kier alpha value is -0.700. The zero-order valence-electron chi connectivity index (χ0n) is 7.95. The van der Waals surface area contributed by atoms with Crippen molar-refractivity contribution in [3.8, 4) is 0 Å². The average molecular weight is 194 g/mol. The largest absolute Gasteiger partial charge is 0.382 e. The highest BCUT2D eigenvalue weighted by Gasteiger charge is 2.20. The Bertz CT molecular complexity index is 299. The topological polar surface area (TPSA) is 24.9 Å². The summed E-state index contributed by atoms with van der Waals surface area (Å²) in [5.74, 6) is 0.721. The summed E-state index contributed by atoms with van der Waals surface area (Å²) in [7, 11) is 0. The van der Waals surface area contributed by atoms with Gasteiger partial charge in [-0.1, -0.05) is 13.8 Å². The van der Waals surface area contributed by atoms with Gasteiger partial charge in [-0.15, -0.1) is 11.8 Å². The molecule has 2 heterocycles. The molecule has 1 aromatic rings. The van der Waals surface area contributed by atoms with Crippen LogP contribution in [0.25, 0.3) is 0 Å². The lowest BCUT2D eigenvalue weighted by atomic mass is 10.1. The van der Waals surface area contributed by atoms with Crippen LogP contribution in [0.2, 0.25) is 0 Å². The van der Waals surface area contributed by atoms with Crippen LogP contribution in [0.4, 0.5) is 5.69 Å². The van der Waals surface area contributed by atoms with Gasteiger partial charge < -0.3 is 5.32 Å². The Labute approximate surface area is 83.1 Å². The van der Waals surface area contributed by atoms with Crippen molar-refractivity contribution in [1.82, 2.24) is 4.98 Å². The Morgan fingerprint density at radius 1 is 1.62 bits per heavy atom. The highest BCUT2D eigenvalue weighted by atomic mass is 32.2. The average Bonchev–Trinajstić information content (AvgIpc) is 2.17. The van der Waals surface area contributed by atoms with Gasteiger partial charge in [-0.05, 0) is 12.0 Å². The van der Waals surface area contributed by atoms with Crippen molar-refractivity contribution in [2.24, 2.45) is 5.92 Å². The Morgan fingerprint density at radius 2 is 2.46 bits per heavy atom. The number of hydrogen-bond acceptors (Lipinski definition) is 3. The molecule has 1 aliphatic rings. The molecule has 0 amide bonds. The summed E-state index contributed by atoms with van der Waals surface area (Å²) in [5.41, 5.74) is 1.18. The minimum atomic E-state index is 0.690. The Kier molecular flexibility index (Phi) is 2.44. The molecule has 0 aliphatic carbocycles. The fourth-order valence-electron chi connectivity index (χ4n) is 1.40. The van der Waals surface area contributed by atoms with E-state index in [1.54, 1.807) is 0 Å². The molecule has 0 aromatic carbocycles. The van der Waals surface area contributed by atoms with Gasteiger partial charge in [0.05, 0.1) is 11.9 Å². The molecule has 2 nitrogen and oxygen atoms in total. The summed E-state index contributed by atoms with van der Waals surface area (Å²) in [5, 5.41) is 4.10. The molecule has 1 aliphatic heterocycles. The van der Waals surface area contributed by atoms with Crippen LogP contribution in [0.1, 0.15) is 13.8 Å². The number of pyridine rings is 1. The number of hydrogen-bond donors (Lipinski definition) is 1. The van der Waals surface area contributed by atoms with Crippen molar-refractivity contribution in [3.05, 3.63) is 18.5 Å². The molecule has 13 heavy (non-hydrogen) atoms. The van der Waals surface area contributed by atoms with Gasteiger partial charge in [-0.25, -0.2) is 0 Å². The van der Waals surface area contributed by atoms with Crippen LogP contribution >= 0.6 is 11.8 Å². The van der Waals surface area contributed by atoms with Crippen molar-refractivity contribution >= 4 is 17.4 Å². The minimum Gasteiger partial charge on any atom is -0.382 e. The summed E-state index contributed by atoms with van der Waals surface area (Å²) in [4.78, 5) is 5.43. The van der Waals surface area contributed by atoms with Gasteiger partial charge >= 0.3 is 0 Å². The smallest absolute Gasteiger partial charge is 0.0665 e. The van der Waals surface area contributed by atoms with Gasteiger partial charge in [0.1, 0.15) is 0 Å². The van der Waals surface area contributed by atoms with E-state index in [0.717, 1.165) is 12.5 Å². The van der Waals surface area contributed by atoms with E-state index in [-0.39, 0.29) is 0 Å². The van der Waals surface area contributed by atoms with E-state index in [2.05, 4.69) is 30.2 Å². The van der Waals surface area contributed by atoms with E-state index in [1.165, 1.54) is 10.6 Å². The van der Waals surface area contributed by atoms with Crippen LogP contribution in [0.3, 0.4) is 0 Å². The molecule has 70 valence electrons. The maximum absolute atomic E-state index is 4.09. The predicted octanol–water partition coefficient (Wildman–Crippen LogP) is 2.62. The normalized spacial score (nSPS) is 21.0. The predicted molar refractivity (Wildman–Crippen MR) is 57.2 cm³/mol. The van der Waals surface area contributed by atoms with Gasteiger partial charge in [-0.3, -0.25) is 4.98 Å². The first-order chi connectivity index (χ1) is 6.27. The molecule has 1 aromatic heterocycles. The van der Waals surface area contributed by atoms with Crippen molar-refractivity contribution in [2.45, 2.75) is 24.0 Å². The zero-order chi connectivity index (χ0) is 9.26. The van der Waals surface area contributed by atoms with Crippen LogP contribution in [0, 0.1) is 5.92 Å². The van der Waals surface area contributed by atoms with Crippen LogP contribution in [0.5, 0.6) is 0 Å². The second-order valence-electron chi connectivity index (χ2n) is 3.65. The fourth-order valence-corrected chi connectivity index (χ4v) is 2.56. The third kappa shape index (κ3) is 1.80. The third-order valence-electron chi connectivity index (χ3n) is 2.30. The zero-order valence-corrected chi connectivity index (χ0v) is 8.77. The SMILES string of the molecule is CC(C)C1CNc2cnccc2S1. The summed E-state index contributed by atoms with van der Waals surface area (Å²) >= 11 is 1.96. The standard InChI is InChI=1S/C10H14N2S/c1-7(2)10-6-12-8-5-11-4-3-9(8)13-10/h3-5,7,10,12H,6H2,1-2H3. The number of nitrogens with one attached hydrogen (secondary N) is 1. The van der Waals surface area contributed by atoms with Gasteiger partial charge in [0.15, 0.2) is 0 Å². The molecule has 1 N–H and O–H groups in total. The molecule has 0 fully saturated rings. The van der Waals surface area contributed by atoms with E-state index in [4.69, 9.17) is 0 Å². The molecular weight excluding hydrogens is 180 g/mol. The lowest BCUT2D eigenvalue weighted by Gasteiger charge is -2.27. The summed E-state index contributed by atoms with van der Waals surface area (Å²) in [6.45, 7) is 5.60. The first-order valence-electron chi connectivity index (χ1n) is 4.62. The van der Waals surface area contributed by atoms with Gasteiger partial charge in [0.2, 0.25) is 0 Å². The summed E-state index contributed by atoms with van der Waals surface area (Å²) in [6.07, 6.45) is 3.76. The number of thioether (sulfide) groups is 1. The molecule has 3 heteroatoms. The summed E-state index contributed by atoms with van der Waals surface area (Å²) in [6, 6.07) is 2.08. The maximum Gasteiger partial charge on any atom is 0.0665 e. The highest BCUT2D eigenvalue weighted by Crippen LogP contribution is 2.36. The lowest BCUT2D eigenvalue weighted by Crippen LogP contribution is -2.25. The molecule has 0 bridgehead atoms. The monoisotopic (exact) mass is 194 g/mol. The van der Waals surface area contributed by atoms with E-state index in [9.17, 15) is 0 Å². The fraction of sp³-hybridized carbons (Fsp3) is 0.500. The van der Waals surface area contributed by atoms with Crippen LogP contribution in [-0.4, -0.2) is 16.8 Å². The van der Waals surface area contributed by atoms with Crippen molar-refractivity contribution in [2.75, 3.05) is 11.9 Å². The Morgan fingerprint density at radius 3 is 3.23 bits per heavy atom. The van der Waals surface area contributed by atoms with E-state index < -0.39 is 0 Å². The first-order valence-corrected chi connectivity index (χ1v) is 5.50. The first kappa shape index (κ1) is 8.88. The van der Waals surface area contributed by atoms with E-state index >= 15 is 0 Å². The number of aromatic nitrogens is 1. The van der Waals surface area contributed by atoms with Gasteiger partial charge in [0.25, 0.3) is 0 Å². The van der Waals surface area contributed by atoms with Crippen LogP contribution < -0.4 is 5.32 Å². The number of nitrogens with zero attached hydrogens (tertiary/aromatic N) is 1. The quantitative estimate of drug-likeness (QED) is 0.744. The molecule has 1 unspecified atom stereocenters. The number of rotatable bonds is 1. The lowest BCUT2D eigenvalue weighted by molar-refractivity contribution is 0.620. The second-order valence-corrected chi connectivity index (χ2v) is 4.93. The maximum atomic E-state index is 4.09. The molecular formula is C10H14N2S. The molecule has 0 saturated heterocycles. The van der Waals surface area contributed by atoms with Crippen LogP contribution in [-0.2, 0) is 0 Å². The molecule has 0 saturated carbocycles. The molecule has 0 spiro atoms. The highest BCUT2D eigenvalue weighted by molar-refractivity contribution is 8.00. The molecule has 2 rings (SSSR count). The van der Waals surface area contributed by atoms with Crippen molar-refractivity contribution < 1.29 is 0 Å². The van der Waals surface area contributed by atoms with Gasteiger partial charge in [0, 0.05) is 22.9 Å². The second kappa shape index (κ2) is 3.58. The van der Waals surface area contributed by atoms with Crippen molar-refractivity contribution in [1.29, 1.82) is 0 Å². The Balaban J connectivity index is 2.20. The van der Waals surface area contributed by atoms with Crippen LogP contribution in [0.15, 0.2) is 23.4 Å². The molecule has 0 radical (unpaired) electrons.